The molecule has 73 heavy (non-hydrogen) atoms. The average Bonchev–Trinajstić information content (AvgIpc) is 4.14. The lowest BCUT2D eigenvalue weighted by Crippen LogP contribution is -2.57. The van der Waals surface area contributed by atoms with Gasteiger partial charge in [0, 0.05) is 87.5 Å². The maximum atomic E-state index is 14.2. The van der Waals surface area contributed by atoms with E-state index in [0.29, 0.717) is 43.4 Å². The number of aromatic nitrogens is 4. The smallest absolute Gasteiger partial charge is 0.420 e. The third kappa shape index (κ3) is 13.8. The number of amides is 4. The Kier molecular flexibility index (Phi) is 17.1. The number of aryl methyl sites for hydroxylation is 1. The molecule has 0 saturated carbocycles. The summed E-state index contributed by atoms with van der Waals surface area (Å²) in [6.07, 6.45) is 6.42. The molecule has 1 unspecified atom stereocenters. The summed E-state index contributed by atoms with van der Waals surface area (Å²) in [7, 11) is 0. The van der Waals surface area contributed by atoms with Gasteiger partial charge in [-0.25, -0.2) is 14.6 Å². The predicted octanol–water partition coefficient (Wildman–Crippen LogP) is 7.93. The second-order valence-electron chi connectivity index (χ2n) is 19.8. The van der Waals surface area contributed by atoms with Gasteiger partial charge in [-0.3, -0.25) is 19.2 Å². The molecule has 3 saturated heterocycles. The van der Waals surface area contributed by atoms with Crippen molar-refractivity contribution in [1.82, 2.24) is 35.3 Å². The molecule has 3 aliphatic heterocycles. The van der Waals surface area contributed by atoms with Gasteiger partial charge in [-0.2, -0.15) is 5.10 Å². The lowest BCUT2D eigenvalue weighted by atomic mass is 9.85. The van der Waals surface area contributed by atoms with Crippen molar-refractivity contribution in [3.63, 3.8) is 0 Å². The van der Waals surface area contributed by atoms with Crippen molar-refractivity contribution >= 4 is 58.1 Å². The summed E-state index contributed by atoms with van der Waals surface area (Å²) < 4.78 is 44.7. The average molecular weight is 1050 g/mol. The molecule has 0 bridgehead atoms. The molecule has 4 amide bonds. The van der Waals surface area contributed by atoms with E-state index in [1.54, 1.807) is 23.6 Å². The normalized spacial score (nSPS) is 19.1. The largest absolute Gasteiger partial charge is 0.487 e. The zero-order valence-electron chi connectivity index (χ0n) is 41.3. The van der Waals surface area contributed by atoms with Gasteiger partial charge in [0.15, 0.2) is 6.23 Å². The molecule has 0 spiro atoms. The Balaban J connectivity index is 0.837. The monoisotopic (exact) mass is 1050 g/mol. The second-order valence-corrected chi connectivity index (χ2v) is 21.1. The number of aliphatic hydroxyl groups excluding tert-OH is 1. The summed E-state index contributed by atoms with van der Waals surface area (Å²) in [4.78, 5) is 68.5. The number of aliphatic hydroxyl groups is 1. The Hall–Kier alpha value is -6.06. The number of halogens is 3. The first kappa shape index (κ1) is 53.2. The van der Waals surface area contributed by atoms with Gasteiger partial charge in [-0.15, -0.1) is 20.1 Å². The van der Waals surface area contributed by atoms with Crippen molar-refractivity contribution < 1.29 is 47.3 Å². The van der Waals surface area contributed by atoms with Crippen LogP contribution in [0.25, 0.3) is 21.7 Å². The molecule has 4 N–H and O–H groups in total. The van der Waals surface area contributed by atoms with Gasteiger partial charge in [0.05, 0.1) is 40.0 Å². The summed E-state index contributed by atoms with van der Waals surface area (Å²) >= 11 is 6.46. The maximum absolute atomic E-state index is 14.2. The van der Waals surface area contributed by atoms with Crippen molar-refractivity contribution in [3.8, 4) is 27.4 Å². The Labute approximate surface area is 431 Å². The van der Waals surface area contributed by atoms with Gasteiger partial charge in [-0.05, 0) is 97.9 Å². The van der Waals surface area contributed by atoms with Crippen molar-refractivity contribution in [3.05, 3.63) is 95.4 Å². The number of alkyl halides is 3. The van der Waals surface area contributed by atoms with E-state index in [2.05, 4.69) is 35.7 Å². The first-order valence-corrected chi connectivity index (χ1v) is 25.9. The van der Waals surface area contributed by atoms with Crippen LogP contribution in [0.4, 0.5) is 20.3 Å². The topological polar surface area (TPSA) is 202 Å². The molecule has 6 heterocycles. The highest BCUT2D eigenvalue weighted by molar-refractivity contribution is 7.13. The zero-order valence-corrected chi connectivity index (χ0v) is 42.9. The summed E-state index contributed by atoms with van der Waals surface area (Å²) in [5.74, 6) is -0.929. The zero-order chi connectivity index (χ0) is 51.9. The molecule has 8 rings (SSSR count). The standard InChI is InChI=1S/C52H62ClF2N9O8S/c1-32-45(73-31-58-32)35-10-8-33(9-11-35)27-57-49(68)42-26-38(65)29-63(42)50(69)46(51(2,3)4)61-43(66)19-24-70-30-34-17-21-62(22-18-34)47-40(41-16-20-59-64(41)44-7-5-6-23-71-44)25-36(28-56-47)48(67)60-37-12-14-39(15-13-37)72-52(53,54)55/h8-16,20,25,28,31,34,38,42,44,46,65H,5-7,17-19,21-24,26-27,29-30H2,1-4H3,(H,57,68)(H,60,67)(H,61,66)/t38-,42+,44?,46-/m1/s1. The molecule has 2 aromatic carbocycles. The fourth-order valence-electron chi connectivity index (χ4n) is 9.38. The van der Waals surface area contributed by atoms with E-state index in [1.807, 2.05) is 68.2 Å². The van der Waals surface area contributed by atoms with E-state index in [9.17, 15) is 33.1 Å². The number of ether oxygens (including phenoxy) is 3. The molecule has 390 valence electrons. The van der Waals surface area contributed by atoms with E-state index < -0.39 is 41.0 Å². The number of likely N-dealkylation sites (tertiary alicyclic amines) is 1. The highest BCUT2D eigenvalue weighted by Gasteiger charge is 2.44. The van der Waals surface area contributed by atoms with Crippen LogP contribution in [0.15, 0.2) is 78.6 Å². The van der Waals surface area contributed by atoms with Gasteiger partial charge < -0.3 is 45.1 Å². The molecular weight excluding hydrogens is 984 g/mol. The summed E-state index contributed by atoms with van der Waals surface area (Å²) in [5.41, 5.74) is 2.17. The van der Waals surface area contributed by atoms with Gasteiger partial charge in [0.25, 0.3) is 5.91 Å². The van der Waals surface area contributed by atoms with E-state index >= 15 is 0 Å². The molecule has 3 aromatic heterocycles. The molecule has 5 aromatic rings. The van der Waals surface area contributed by atoms with Crippen LogP contribution in [-0.4, -0.2) is 117 Å². The molecule has 0 aliphatic carbocycles. The number of piperidine rings is 1. The fraction of sp³-hybridized carbons (Fsp3) is 0.481. The fourth-order valence-corrected chi connectivity index (χ4v) is 10.3. The number of rotatable bonds is 18. The minimum absolute atomic E-state index is 0.0187. The highest BCUT2D eigenvalue weighted by Crippen LogP contribution is 2.36. The number of nitrogens with one attached hydrogen (secondary N) is 3. The number of anilines is 2. The predicted molar refractivity (Wildman–Crippen MR) is 272 cm³/mol. The van der Waals surface area contributed by atoms with Crippen LogP contribution in [0.5, 0.6) is 5.75 Å². The number of nitrogens with zero attached hydrogens (tertiary/aromatic N) is 6. The first-order chi connectivity index (χ1) is 34.9. The van der Waals surface area contributed by atoms with E-state index in [4.69, 9.17) is 26.1 Å². The minimum atomic E-state index is -3.87. The Morgan fingerprint density at radius 1 is 1.00 bits per heavy atom. The van der Waals surface area contributed by atoms with Gasteiger partial charge in [0.1, 0.15) is 23.7 Å². The number of thiazole rings is 1. The molecule has 3 aliphatic rings. The Morgan fingerprint density at radius 3 is 2.42 bits per heavy atom. The third-order valence-electron chi connectivity index (χ3n) is 13.3. The second kappa shape index (κ2) is 23.4. The van der Waals surface area contributed by atoms with Crippen molar-refractivity contribution in [2.45, 2.75) is 109 Å². The van der Waals surface area contributed by atoms with Crippen LogP contribution < -0.4 is 25.6 Å². The summed E-state index contributed by atoms with van der Waals surface area (Å²) in [5, 5.41) is 23.9. The van der Waals surface area contributed by atoms with Gasteiger partial charge in [-0.1, -0.05) is 45.0 Å². The number of β-amino-alcohol motifs (C(OH)–C–C–N with tert-alkyl or cyclic N) is 1. The van der Waals surface area contributed by atoms with Crippen LogP contribution in [0.1, 0.15) is 93.6 Å². The molecule has 3 fully saturated rings. The Morgan fingerprint density at radius 2 is 1.75 bits per heavy atom. The number of carbonyl (C=O) groups is 4. The minimum Gasteiger partial charge on any atom is -0.420 e. The number of carbonyl (C=O) groups excluding carboxylic acids is 4. The molecular formula is C52H62ClF2N9O8S. The van der Waals surface area contributed by atoms with Crippen molar-refractivity contribution in [2.24, 2.45) is 11.3 Å². The first-order valence-electron chi connectivity index (χ1n) is 24.6. The summed E-state index contributed by atoms with van der Waals surface area (Å²) in [6, 6.07) is 15.1. The van der Waals surface area contributed by atoms with Crippen LogP contribution >= 0.6 is 22.9 Å². The molecule has 0 radical (unpaired) electrons. The SMILES string of the molecule is Cc1ncsc1-c1ccc(CNC(=O)[C@@H]2C[C@@H](O)CN2C(=O)[C@@H](NC(=O)CCOCC2CCN(c3ncc(C(=O)Nc4ccc(OC(F)(F)Cl)cc4)cc3-c3ccnn3C3CCCCO3)CC2)C(C)(C)C)cc1. The third-order valence-corrected chi connectivity index (χ3v) is 14.4. The van der Waals surface area contributed by atoms with Crippen LogP contribution in [0.2, 0.25) is 0 Å². The van der Waals surface area contributed by atoms with Crippen molar-refractivity contribution in [2.75, 3.05) is 49.7 Å². The highest BCUT2D eigenvalue weighted by atomic mass is 35.5. The summed E-state index contributed by atoms with van der Waals surface area (Å²) in [6.45, 7) is 10.2. The number of pyridine rings is 1. The molecule has 4 atom stereocenters. The molecule has 21 heteroatoms. The van der Waals surface area contributed by atoms with Crippen LogP contribution in [-0.2, 0) is 30.4 Å². The van der Waals surface area contributed by atoms with Gasteiger partial charge in [0.2, 0.25) is 17.7 Å². The number of hydrogen-bond donors (Lipinski definition) is 4. The van der Waals surface area contributed by atoms with E-state index in [1.165, 1.54) is 35.4 Å². The van der Waals surface area contributed by atoms with E-state index in [-0.39, 0.29) is 67.8 Å². The van der Waals surface area contributed by atoms with Gasteiger partial charge >= 0.3 is 5.57 Å². The maximum Gasteiger partial charge on any atom is 0.487 e. The lowest BCUT2D eigenvalue weighted by Gasteiger charge is -2.35. The lowest BCUT2D eigenvalue weighted by molar-refractivity contribution is -0.144. The molecule has 17 nitrogen and oxygen atoms in total. The number of benzene rings is 2. The number of hydrogen-bond acceptors (Lipinski definition) is 13. The Bertz CT molecular complexity index is 2700. The van der Waals surface area contributed by atoms with Crippen LogP contribution in [0, 0.1) is 18.3 Å². The van der Waals surface area contributed by atoms with Crippen LogP contribution in [0.3, 0.4) is 0 Å². The van der Waals surface area contributed by atoms with Crippen molar-refractivity contribution in [1.29, 1.82) is 0 Å². The quantitative estimate of drug-likeness (QED) is 0.0489. The van der Waals surface area contributed by atoms with E-state index in [0.717, 1.165) is 59.5 Å².